The minimum atomic E-state index is -0.896. The lowest BCUT2D eigenvalue weighted by atomic mass is 10.3. The molecule has 1 N–H and O–H groups in total. The van der Waals surface area contributed by atoms with Gasteiger partial charge < -0.3 is 14.8 Å². The van der Waals surface area contributed by atoms with Crippen LogP contribution in [0.4, 0.5) is 0 Å². The Labute approximate surface area is 161 Å². The number of carbonyl (C=O) groups is 2. The van der Waals surface area contributed by atoms with E-state index in [1.807, 2.05) is 31.2 Å². The lowest BCUT2D eigenvalue weighted by molar-refractivity contribution is -0.152. The number of nitrogens with one attached hydrogen (secondary N) is 1. The van der Waals surface area contributed by atoms with E-state index in [1.165, 1.54) is 11.6 Å². The van der Waals surface area contributed by atoms with E-state index in [4.69, 9.17) is 9.47 Å². The fourth-order valence-corrected chi connectivity index (χ4v) is 2.72. The lowest BCUT2D eigenvalue weighted by Gasteiger charge is -2.13. The summed E-state index contributed by atoms with van der Waals surface area (Å²) >= 11 is 1.10. The van der Waals surface area contributed by atoms with Crippen LogP contribution in [0.5, 0.6) is 5.75 Å². The number of hydrogen-bond acceptors (Lipinski definition) is 8. The summed E-state index contributed by atoms with van der Waals surface area (Å²) in [7, 11) is 0. The molecule has 0 aliphatic carbocycles. The summed E-state index contributed by atoms with van der Waals surface area (Å²) < 4.78 is 12.2. The first-order valence-corrected chi connectivity index (χ1v) is 9.26. The molecule has 0 aliphatic rings. The highest BCUT2D eigenvalue weighted by atomic mass is 32.2. The maximum absolute atomic E-state index is 12.0. The predicted molar refractivity (Wildman–Crippen MR) is 99.8 cm³/mol. The highest BCUT2D eigenvalue weighted by Crippen LogP contribution is 2.25. The van der Waals surface area contributed by atoms with Crippen molar-refractivity contribution in [1.82, 2.24) is 25.5 Å². The van der Waals surface area contributed by atoms with Crippen molar-refractivity contribution in [1.29, 1.82) is 0 Å². The van der Waals surface area contributed by atoms with Crippen LogP contribution < -0.4 is 10.1 Å². The van der Waals surface area contributed by atoms with Crippen LogP contribution in [0, 0.1) is 0 Å². The van der Waals surface area contributed by atoms with Gasteiger partial charge in [-0.15, -0.1) is 11.7 Å². The number of aromatic nitrogens is 4. The Morgan fingerprint density at radius 2 is 2.19 bits per heavy atom. The van der Waals surface area contributed by atoms with Gasteiger partial charge in [0.15, 0.2) is 6.10 Å². The van der Waals surface area contributed by atoms with E-state index in [0.717, 1.165) is 11.8 Å². The van der Waals surface area contributed by atoms with Gasteiger partial charge in [0.25, 0.3) is 5.91 Å². The number of para-hydroxylation sites is 2. The van der Waals surface area contributed by atoms with Crippen molar-refractivity contribution in [2.75, 3.05) is 18.9 Å². The Kier molecular flexibility index (Phi) is 7.80. The normalized spacial score (nSPS) is 11.5. The van der Waals surface area contributed by atoms with Gasteiger partial charge in [0.1, 0.15) is 11.4 Å². The zero-order chi connectivity index (χ0) is 19.6. The second kappa shape index (κ2) is 10.3. The Balaban J connectivity index is 1.98. The first kappa shape index (κ1) is 20.4. The summed E-state index contributed by atoms with van der Waals surface area (Å²) in [5.74, 6) is -0.349. The van der Waals surface area contributed by atoms with Crippen LogP contribution in [0.1, 0.15) is 13.8 Å². The Bertz CT molecular complexity index is 795. The quantitative estimate of drug-likeness (QED) is 0.368. The molecule has 0 fully saturated rings. The van der Waals surface area contributed by atoms with Crippen LogP contribution in [-0.2, 0) is 14.3 Å². The fraction of sp³-hybridized carbons (Fsp3) is 0.353. The molecule has 2 rings (SSSR count). The molecule has 144 valence electrons. The number of rotatable bonds is 10. The van der Waals surface area contributed by atoms with Crippen LogP contribution >= 0.6 is 11.8 Å². The van der Waals surface area contributed by atoms with Crippen LogP contribution in [0.3, 0.4) is 0 Å². The first-order chi connectivity index (χ1) is 13.1. The van der Waals surface area contributed by atoms with Gasteiger partial charge in [-0.3, -0.25) is 9.59 Å². The van der Waals surface area contributed by atoms with Crippen molar-refractivity contribution in [2.45, 2.75) is 25.1 Å². The van der Waals surface area contributed by atoms with Crippen molar-refractivity contribution >= 4 is 23.6 Å². The van der Waals surface area contributed by atoms with Crippen molar-refractivity contribution in [2.24, 2.45) is 0 Å². The topological polar surface area (TPSA) is 108 Å². The molecule has 1 aromatic carbocycles. The molecule has 2 aromatic rings. The molecule has 0 unspecified atom stereocenters. The van der Waals surface area contributed by atoms with Gasteiger partial charge in [-0.2, -0.15) is 4.68 Å². The van der Waals surface area contributed by atoms with Crippen molar-refractivity contribution in [3.63, 3.8) is 0 Å². The third-order valence-electron chi connectivity index (χ3n) is 3.25. The standard InChI is InChI=1S/C17H21N5O4S/c1-4-10-18-16(24)12(3)26-15(23)11-27-17-19-20-21-22(17)13-8-6-7-9-14(13)25-5-2/h4,6-9,12H,1,5,10-11H2,2-3H3,(H,18,24)/t12-/m0/s1. The SMILES string of the molecule is C=CCNC(=O)[C@H](C)OC(=O)CSc1nnnn1-c1ccccc1OCC. The maximum Gasteiger partial charge on any atom is 0.317 e. The molecular weight excluding hydrogens is 370 g/mol. The van der Waals surface area contributed by atoms with Gasteiger partial charge in [0.05, 0.1) is 12.4 Å². The second-order valence-corrected chi connectivity index (χ2v) is 6.17. The summed E-state index contributed by atoms with van der Waals surface area (Å²) in [5, 5.41) is 14.5. The van der Waals surface area contributed by atoms with Crippen LogP contribution in [0.25, 0.3) is 5.69 Å². The number of ether oxygens (including phenoxy) is 2. The van der Waals surface area contributed by atoms with Crippen LogP contribution in [0.15, 0.2) is 42.1 Å². The van der Waals surface area contributed by atoms with Crippen molar-refractivity contribution < 1.29 is 19.1 Å². The lowest BCUT2D eigenvalue weighted by Crippen LogP contribution is -2.36. The van der Waals surface area contributed by atoms with Gasteiger partial charge in [0, 0.05) is 6.54 Å². The molecule has 0 saturated heterocycles. The minimum absolute atomic E-state index is 0.0454. The highest BCUT2D eigenvalue weighted by Gasteiger charge is 2.19. The molecular formula is C17H21N5O4S. The number of thioether (sulfide) groups is 1. The van der Waals surface area contributed by atoms with Gasteiger partial charge in [-0.05, 0) is 36.4 Å². The molecule has 1 heterocycles. The van der Waals surface area contributed by atoms with Gasteiger partial charge in [-0.1, -0.05) is 30.0 Å². The largest absolute Gasteiger partial charge is 0.492 e. The van der Waals surface area contributed by atoms with E-state index in [-0.39, 0.29) is 11.7 Å². The monoisotopic (exact) mass is 391 g/mol. The molecule has 1 aromatic heterocycles. The molecule has 0 aliphatic heterocycles. The molecule has 10 heteroatoms. The number of tetrazole rings is 1. The number of esters is 1. The summed E-state index contributed by atoms with van der Waals surface area (Å²) in [5.41, 5.74) is 0.664. The molecule has 0 bridgehead atoms. The van der Waals surface area contributed by atoms with Crippen LogP contribution in [-0.4, -0.2) is 57.1 Å². The van der Waals surface area contributed by atoms with Gasteiger partial charge in [-0.25, -0.2) is 0 Å². The summed E-state index contributed by atoms with van der Waals surface area (Å²) in [6.07, 6.45) is 0.648. The summed E-state index contributed by atoms with van der Waals surface area (Å²) in [4.78, 5) is 23.7. The molecule has 0 radical (unpaired) electrons. The predicted octanol–water partition coefficient (Wildman–Crippen LogP) is 1.39. The van der Waals surface area contributed by atoms with E-state index >= 15 is 0 Å². The third kappa shape index (κ3) is 5.81. The van der Waals surface area contributed by atoms with Crippen molar-refractivity contribution in [3.8, 4) is 11.4 Å². The Hall–Kier alpha value is -2.88. The minimum Gasteiger partial charge on any atom is -0.492 e. The van der Waals surface area contributed by atoms with Crippen molar-refractivity contribution in [3.05, 3.63) is 36.9 Å². The zero-order valence-corrected chi connectivity index (χ0v) is 15.9. The average molecular weight is 391 g/mol. The maximum atomic E-state index is 12.0. The molecule has 1 atom stereocenters. The zero-order valence-electron chi connectivity index (χ0n) is 15.1. The summed E-state index contributed by atoms with van der Waals surface area (Å²) in [6, 6.07) is 7.32. The highest BCUT2D eigenvalue weighted by molar-refractivity contribution is 7.99. The Morgan fingerprint density at radius 1 is 1.41 bits per heavy atom. The number of carbonyl (C=O) groups excluding carboxylic acids is 2. The molecule has 0 saturated carbocycles. The third-order valence-corrected chi connectivity index (χ3v) is 4.14. The van der Waals surface area contributed by atoms with E-state index in [2.05, 4.69) is 27.4 Å². The molecule has 27 heavy (non-hydrogen) atoms. The van der Waals surface area contributed by atoms with Gasteiger partial charge in [0.2, 0.25) is 5.16 Å². The van der Waals surface area contributed by atoms with Gasteiger partial charge >= 0.3 is 5.97 Å². The average Bonchev–Trinajstić information content (AvgIpc) is 3.13. The fourth-order valence-electron chi connectivity index (χ4n) is 2.05. The Morgan fingerprint density at radius 3 is 2.93 bits per heavy atom. The summed E-state index contributed by atoms with van der Waals surface area (Å²) in [6.45, 7) is 7.70. The number of nitrogens with zero attached hydrogens (tertiary/aromatic N) is 4. The number of amides is 1. The van der Waals surface area contributed by atoms with E-state index in [1.54, 1.807) is 6.08 Å². The molecule has 0 spiro atoms. The number of benzene rings is 1. The smallest absolute Gasteiger partial charge is 0.317 e. The number of hydrogen-bond donors (Lipinski definition) is 1. The molecule has 9 nitrogen and oxygen atoms in total. The van der Waals surface area contributed by atoms with E-state index < -0.39 is 12.1 Å². The van der Waals surface area contributed by atoms with E-state index in [9.17, 15) is 9.59 Å². The second-order valence-electron chi connectivity index (χ2n) is 5.23. The van der Waals surface area contributed by atoms with E-state index in [0.29, 0.717) is 29.7 Å². The van der Waals surface area contributed by atoms with Crippen LogP contribution in [0.2, 0.25) is 0 Å². The molecule has 1 amide bonds. The first-order valence-electron chi connectivity index (χ1n) is 8.28.